The van der Waals surface area contributed by atoms with Crippen molar-refractivity contribution >= 4 is 17.4 Å². The number of Topliss-reactive ketones (excluding diaryl/α,β-unsaturated/α-hetero) is 1. The maximum Gasteiger partial charge on any atom is 0.295 e. The summed E-state index contributed by atoms with van der Waals surface area (Å²) in [7, 11) is 0. The van der Waals surface area contributed by atoms with Crippen LogP contribution < -0.4 is 19.1 Å². The van der Waals surface area contributed by atoms with E-state index in [4.69, 9.17) is 9.47 Å². The molecule has 1 N–H and O–H groups in total. The van der Waals surface area contributed by atoms with Gasteiger partial charge in [-0.05, 0) is 60.0 Å². The minimum Gasteiger partial charge on any atom is -0.872 e. The molecule has 1 aromatic heterocycles. The first-order valence-corrected chi connectivity index (χ1v) is 13.4. The van der Waals surface area contributed by atoms with Crippen LogP contribution in [0.25, 0.3) is 5.76 Å². The molecule has 0 spiro atoms. The molecule has 0 aliphatic carbocycles. The fourth-order valence-corrected chi connectivity index (χ4v) is 5.42. The molecule has 1 amide bonds. The zero-order valence-electron chi connectivity index (χ0n) is 22.1. The summed E-state index contributed by atoms with van der Waals surface area (Å²) >= 11 is 0. The van der Waals surface area contributed by atoms with E-state index in [-0.39, 0.29) is 11.7 Å². The Hall–Kier alpha value is -4.85. The molecule has 0 radical (unpaired) electrons. The monoisotopic (exact) mass is 535 g/mol. The van der Waals surface area contributed by atoms with Crippen molar-refractivity contribution in [3.8, 4) is 17.2 Å². The molecule has 8 heteroatoms. The van der Waals surface area contributed by atoms with Crippen LogP contribution in [0.1, 0.15) is 36.1 Å². The van der Waals surface area contributed by atoms with Crippen molar-refractivity contribution in [1.29, 1.82) is 0 Å². The van der Waals surface area contributed by atoms with Gasteiger partial charge < -0.3 is 19.5 Å². The normalized spacial score (nSPS) is 19.5. The molecule has 6 rings (SSSR count). The van der Waals surface area contributed by atoms with Gasteiger partial charge in [0.1, 0.15) is 35.7 Å². The van der Waals surface area contributed by atoms with Crippen molar-refractivity contribution in [2.75, 3.05) is 6.54 Å². The SMILES string of the molecule is CC1Cc2cc(/C([O-])=C3\C(=O)C(=O)N(CCC[n+]4cc[nH]c4)C3c3cccc(Oc4ccccc4)c3)ccc2O1. The van der Waals surface area contributed by atoms with Gasteiger partial charge in [-0.2, -0.15) is 0 Å². The standard InChI is InChI=1S/C32H29N3O5/c1-21-17-24-18-23(11-12-27(24)39-21)30(36)28-29(22-7-5-10-26(19-22)40-25-8-3-2-4-9-25)35(32(38)31(28)37)15-6-14-34-16-13-33-20-34/h2-5,7-13,16,18-21,29H,6,14-15,17H2,1H3,(H,36,37). The first-order chi connectivity index (χ1) is 19.5. The van der Waals surface area contributed by atoms with E-state index < -0.39 is 23.5 Å². The second-order valence-corrected chi connectivity index (χ2v) is 10.1. The van der Waals surface area contributed by atoms with Gasteiger partial charge in [0, 0.05) is 25.0 Å². The zero-order valence-corrected chi connectivity index (χ0v) is 22.1. The molecule has 8 nitrogen and oxygen atoms in total. The molecule has 0 bridgehead atoms. The number of rotatable bonds is 8. The summed E-state index contributed by atoms with van der Waals surface area (Å²) in [5.74, 6) is 0.0858. The quantitative estimate of drug-likeness (QED) is 0.160. The number of carbonyl (C=O) groups excluding carboxylic acids is 2. The smallest absolute Gasteiger partial charge is 0.295 e. The molecule has 1 saturated heterocycles. The molecule has 2 aliphatic rings. The number of ether oxygens (including phenoxy) is 2. The van der Waals surface area contributed by atoms with E-state index in [1.807, 2.05) is 78.7 Å². The third-order valence-electron chi connectivity index (χ3n) is 7.26. The Morgan fingerprint density at radius 2 is 1.90 bits per heavy atom. The lowest BCUT2D eigenvalue weighted by molar-refractivity contribution is -0.695. The van der Waals surface area contributed by atoms with Crippen LogP contribution in [0.4, 0.5) is 0 Å². The average Bonchev–Trinajstić information content (AvgIpc) is 3.67. The van der Waals surface area contributed by atoms with E-state index in [9.17, 15) is 14.7 Å². The summed E-state index contributed by atoms with van der Waals surface area (Å²) in [4.78, 5) is 31.3. The molecule has 1 fully saturated rings. The number of aromatic amines is 1. The van der Waals surface area contributed by atoms with E-state index >= 15 is 0 Å². The number of aryl methyl sites for hydroxylation is 1. The number of benzene rings is 3. The van der Waals surface area contributed by atoms with Crippen LogP contribution in [-0.2, 0) is 22.6 Å². The van der Waals surface area contributed by atoms with Crippen molar-refractivity contribution in [3.05, 3.63) is 114 Å². The highest BCUT2D eigenvalue weighted by atomic mass is 16.5. The summed E-state index contributed by atoms with van der Waals surface area (Å²) < 4.78 is 13.8. The molecule has 0 saturated carbocycles. The maximum absolute atomic E-state index is 13.9. The Balaban J connectivity index is 1.38. The first-order valence-electron chi connectivity index (χ1n) is 13.4. The van der Waals surface area contributed by atoms with Gasteiger partial charge in [0.25, 0.3) is 5.91 Å². The predicted molar refractivity (Wildman–Crippen MR) is 145 cm³/mol. The lowest BCUT2D eigenvalue weighted by Crippen LogP contribution is -2.36. The Morgan fingerprint density at radius 1 is 1.07 bits per heavy atom. The number of aromatic nitrogens is 2. The lowest BCUT2D eigenvalue weighted by atomic mass is 9.94. The van der Waals surface area contributed by atoms with Crippen molar-refractivity contribution in [1.82, 2.24) is 9.88 Å². The molecule has 40 heavy (non-hydrogen) atoms. The van der Waals surface area contributed by atoms with Crippen molar-refractivity contribution in [2.45, 2.75) is 38.5 Å². The van der Waals surface area contributed by atoms with Crippen LogP contribution in [0.5, 0.6) is 17.2 Å². The second kappa shape index (κ2) is 10.7. The lowest BCUT2D eigenvalue weighted by Gasteiger charge is -2.27. The number of amides is 1. The highest BCUT2D eigenvalue weighted by molar-refractivity contribution is 6.46. The molecule has 2 atom stereocenters. The predicted octanol–water partition coefficient (Wildman–Crippen LogP) is 3.73. The highest BCUT2D eigenvalue weighted by Gasteiger charge is 2.44. The van der Waals surface area contributed by atoms with E-state index in [0.29, 0.717) is 48.6 Å². The largest absolute Gasteiger partial charge is 0.872 e. The van der Waals surface area contributed by atoms with Crippen molar-refractivity contribution in [3.63, 3.8) is 0 Å². The van der Waals surface area contributed by atoms with Gasteiger partial charge in [-0.1, -0.05) is 42.2 Å². The van der Waals surface area contributed by atoms with E-state index in [1.54, 1.807) is 24.3 Å². The van der Waals surface area contributed by atoms with Gasteiger partial charge in [0.15, 0.2) is 0 Å². The third kappa shape index (κ3) is 4.96. The number of hydrogen-bond acceptors (Lipinski definition) is 5. The Morgan fingerprint density at radius 3 is 2.70 bits per heavy atom. The summed E-state index contributed by atoms with van der Waals surface area (Å²) in [6, 6.07) is 21.0. The number of fused-ring (bicyclic) bond motifs is 1. The van der Waals surface area contributed by atoms with Gasteiger partial charge in [-0.15, -0.1) is 0 Å². The fourth-order valence-electron chi connectivity index (χ4n) is 5.42. The number of hydrogen-bond donors (Lipinski definition) is 1. The van der Waals surface area contributed by atoms with Gasteiger partial charge in [-0.25, -0.2) is 4.57 Å². The molecular weight excluding hydrogens is 506 g/mol. The van der Waals surface area contributed by atoms with Gasteiger partial charge in [-0.3, -0.25) is 14.6 Å². The number of nitrogens with zero attached hydrogens (tertiary/aromatic N) is 2. The van der Waals surface area contributed by atoms with Crippen LogP contribution in [0, 0.1) is 0 Å². The molecule has 2 unspecified atom stereocenters. The first kappa shape index (κ1) is 25.4. The zero-order chi connectivity index (χ0) is 27.6. The summed E-state index contributed by atoms with van der Waals surface area (Å²) in [5, 5.41) is 13.9. The summed E-state index contributed by atoms with van der Waals surface area (Å²) in [6.45, 7) is 2.93. The van der Waals surface area contributed by atoms with Crippen LogP contribution >= 0.6 is 0 Å². The number of imidazole rings is 1. The molecule has 2 aliphatic heterocycles. The van der Waals surface area contributed by atoms with Gasteiger partial charge in [0.2, 0.25) is 12.1 Å². The van der Waals surface area contributed by atoms with E-state index in [2.05, 4.69) is 4.98 Å². The van der Waals surface area contributed by atoms with E-state index in [1.165, 1.54) is 4.90 Å². The van der Waals surface area contributed by atoms with Crippen LogP contribution in [0.3, 0.4) is 0 Å². The number of nitrogens with one attached hydrogen (secondary N) is 1. The summed E-state index contributed by atoms with van der Waals surface area (Å²) in [6.07, 6.45) is 6.86. The summed E-state index contributed by atoms with van der Waals surface area (Å²) in [5.41, 5.74) is 1.90. The number of para-hydroxylation sites is 1. The Bertz CT molecular complexity index is 1580. The number of ketones is 1. The fraction of sp³-hybridized carbons (Fsp3) is 0.219. The third-order valence-corrected chi connectivity index (χ3v) is 7.26. The molecular formula is C32H29N3O5. The minimum atomic E-state index is -0.827. The van der Waals surface area contributed by atoms with Gasteiger partial charge >= 0.3 is 0 Å². The molecule has 3 aromatic carbocycles. The number of carbonyl (C=O) groups is 2. The van der Waals surface area contributed by atoms with Crippen LogP contribution in [0.15, 0.2) is 97.1 Å². The topological polar surface area (TPSA) is 98.6 Å². The van der Waals surface area contributed by atoms with Gasteiger partial charge in [0.05, 0.1) is 12.6 Å². The minimum absolute atomic E-state index is 0.0242. The number of likely N-dealkylation sites (tertiary alicyclic amines) is 1. The Labute approximate surface area is 232 Å². The Kier molecular flexibility index (Phi) is 6.82. The molecule has 202 valence electrons. The van der Waals surface area contributed by atoms with Crippen LogP contribution in [-0.4, -0.2) is 34.2 Å². The van der Waals surface area contributed by atoms with E-state index in [0.717, 1.165) is 11.3 Å². The molecule has 3 heterocycles. The maximum atomic E-state index is 13.9. The highest BCUT2D eigenvalue weighted by Crippen LogP contribution is 2.41. The second-order valence-electron chi connectivity index (χ2n) is 10.1. The van der Waals surface area contributed by atoms with Crippen molar-refractivity contribution < 1.29 is 28.7 Å². The molecule has 4 aromatic rings. The average molecular weight is 536 g/mol. The van der Waals surface area contributed by atoms with Crippen molar-refractivity contribution in [2.24, 2.45) is 0 Å². The number of H-pyrrole nitrogens is 1. The van der Waals surface area contributed by atoms with Crippen LogP contribution in [0.2, 0.25) is 0 Å².